The van der Waals surface area contributed by atoms with E-state index in [1.807, 2.05) is 0 Å². The molecule has 0 spiro atoms. The number of nitrogens with zero attached hydrogens (tertiary/aromatic N) is 1. The van der Waals surface area contributed by atoms with Crippen molar-refractivity contribution in [3.63, 3.8) is 0 Å². The van der Waals surface area contributed by atoms with Crippen LogP contribution in [0.4, 0.5) is 0 Å². The molecule has 1 aromatic carbocycles. The van der Waals surface area contributed by atoms with Crippen molar-refractivity contribution in [3.05, 3.63) is 24.3 Å². The Hall–Kier alpha value is -2.24. The van der Waals surface area contributed by atoms with Gasteiger partial charge in [0, 0.05) is 7.05 Å². The number of hydrogen-bond acceptors (Lipinski definition) is 4. The monoisotopic (exact) mass is 253 g/mol. The van der Waals surface area contributed by atoms with Crippen LogP contribution in [0.15, 0.2) is 24.3 Å². The fourth-order valence-electron chi connectivity index (χ4n) is 1.22. The number of carboxylic acids is 1. The van der Waals surface area contributed by atoms with Gasteiger partial charge in [-0.2, -0.15) is 0 Å². The smallest absolute Gasteiger partial charge is 0.323 e. The van der Waals surface area contributed by atoms with Crippen LogP contribution < -0.4 is 9.47 Å². The standard InChI is InChI=1S/C12H15NO5/c1-13(7-12(15)16)11(14)8-18-10-5-3-9(17-2)4-6-10/h3-6H,7-8H2,1-2H3,(H,15,16). The maximum absolute atomic E-state index is 11.5. The minimum atomic E-state index is -1.06. The molecule has 6 nitrogen and oxygen atoms in total. The number of likely N-dealkylation sites (N-methyl/N-ethyl adjacent to an activating group) is 1. The quantitative estimate of drug-likeness (QED) is 0.804. The van der Waals surface area contributed by atoms with Crippen LogP contribution in [0.3, 0.4) is 0 Å². The number of carbonyl (C=O) groups is 2. The maximum Gasteiger partial charge on any atom is 0.323 e. The molecule has 0 saturated heterocycles. The highest BCUT2D eigenvalue weighted by Crippen LogP contribution is 2.16. The molecule has 0 saturated carbocycles. The first kappa shape index (κ1) is 13.8. The maximum atomic E-state index is 11.5. The summed E-state index contributed by atoms with van der Waals surface area (Å²) in [6, 6.07) is 6.76. The molecule has 0 heterocycles. The van der Waals surface area contributed by atoms with E-state index in [1.165, 1.54) is 7.05 Å². The minimum Gasteiger partial charge on any atom is -0.497 e. The fraction of sp³-hybridized carbons (Fsp3) is 0.333. The van der Waals surface area contributed by atoms with Crippen molar-refractivity contribution in [3.8, 4) is 11.5 Å². The zero-order valence-electron chi connectivity index (χ0n) is 10.3. The van der Waals surface area contributed by atoms with Crippen LogP contribution in [-0.4, -0.2) is 49.2 Å². The highest BCUT2D eigenvalue weighted by molar-refractivity contribution is 5.82. The predicted octanol–water partition coefficient (Wildman–Crippen LogP) is 0.617. The van der Waals surface area contributed by atoms with E-state index in [9.17, 15) is 9.59 Å². The molecular weight excluding hydrogens is 238 g/mol. The van der Waals surface area contributed by atoms with Crippen LogP contribution in [0.2, 0.25) is 0 Å². The second-order valence-corrected chi connectivity index (χ2v) is 3.61. The third kappa shape index (κ3) is 4.32. The van der Waals surface area contributed by atoms with Crippen molar-refractivity contribution in [2.75, 3.05) is 27.3 Å². The number of carboxylic acid groups (broad SMARTS) is 1. The first-order valence-corrected chi connectivity index (χ1v) is 5.25. The largest absolute Gasteiger partial charge is 0.497 e. The molecule has 0 atom stereocenters. The molecular formula is C12H15NO5. The SMILES string of the molecule is COc1ccc(OCC(=O)N(C)CC(=O)O)cc1. The molecule has 0 aliphatic rings. The minimum absolute atomic E-state index is 0.198. The number of carbonyl (C=O) groups excluding carboxylic acids is 1. The number of hydrogen-bond donors (Lipinski definition) is 1. The van der Waals surface area contributed by atoms with Crippen molar-refractivity contribution in [1.82, 2.24) is 4.90 Å². The van der Waals surface area contributed by atoms with Gasteiger partial charge in [0.05, 0.1) is 7.11 Å². The summed E-state index contributed by atoms with van der Waals surface area (Å²) < 4.78 is 10.2. The molecule has 0 bridgehead atoms. The highest BCUT2D eigenvalue weighted by atomic mass is 16.5. The second kappa shape index (κ2) is 6.48. The van der Waals surface area contributed by atoms with Gasteiger partial charge in [0.15, 0.2) is 6.61 Å². The van der Waals surface area contributed by atoms with Gasteiger partial charge in [0.1, 0.15) is 18.0 Å². The van der Waals surface area contributed by atoms with Gasteiger partial charge >= 0.3 is 5.97 Å². The molecule has 1 amide bonds. The first-order valence-electron chi connectivity index (χ1n) is 5.25. The molecule has 1 aromatic rings. The molecule has 1 N–H and O–H groups in total. The number of benzene rings is 1. The van der Waals surface area contributed by atoms with E-state index in [-0.39, 0.29) is 13.2 Å². The van der Waals surface area contributed by atoms with Crippen molar-refractivity contribution < 1.29 is 24.2 Å². The van der Waals surface area contributed by atoms with Gasteiger partial charge in [-0.3, -0.25) is 9.59 Å². The van der Waals surface area contributed by atoms with Crippen LogP contribution in [0.5, 0.6) is 11.5 Å². The number of aliphatic carboxylic acids is 1. The number of amides is 1. The van der Waals surface area contributed by atoms with Crippen LogP contribution in [0, 0.1) is 0 Å². The zero-order chi connectivity index (χ0) is 13.5. The number of rotatable bonds is 6. The molecule has 6 heteroatoms. The van der Waals surface area contributed by atoms with E-state index in [4.69, 9.17) is 14.6 Å². The Morgan fingerprint density at radius 1 is 1.22 bits per heavy atom. The average molecular weight is 253 g/mol. The summed E-state index contributed by atoms with van der Waals surface area (Å²) in [6.45, 7) is -0.541. The average Bonchev–Trinajstić information content (AvgIpc) is 2.35. The Bertz CT molecular complexity index is 415. The third-order valence-corrected chi connectivity index (χ3v) is 2.22. The highest BCUT2D eigenvalue weighted by Gasteiger charge is 2.12. The van der Waals surface area contributed by atoms with Gasteiger partial charge in [-0.1, -0.05) is 0 Å². The van der Waals surface area contributed by atoms with Crippen LogP contribution in [0.1, 0.15) is 0 Å². The third-order valence-electron chi connectivity index (χ3n) is 2.22. The summed E-state index contributed by atoms with van der Waals surface area (Å²) in [4.78, 5) is 23.0. The van der Waals surface area contributed by atoms with E-state index in [1.54, 1.807) is 31.4 Å². The van der Waals surface area contributed by atoms with Gasteiger partial charge in [-0.05, 0) is 24.3 Å². The zero-order valence-corrected chi connectivity index (χ0v) is 10.3. The van der Waals surface area contributed by atoms with Gasteiger partial charge in [0.2, 0.25) is 0 Å². The Balaban J connectivity index is 2.44. The van der Waals surface area contributed by atoms with Crippen molar-refractivity contribution >= 4 is 11.9 Å². The molecule has 0 radical (unpaired) electrons. The van der Waals surface area contributed by atoms with E-state index in [0.717, 1.165) is 4.90 Å². The summed E-state index contributed by atoms with van der Waals surface area (Å²) in [5, 5.41) is 8.53. The summed E-state index contributed by atoms with van der Waals surface area (Å²) in [5.41, 5.74) is 0. The molecule has 18 heavy (non-hydrogen) atoms. The van der Waals surface area contributed by atoms with Crippen molar-refractivity contribution in [2.24, 2.45) is 0 Å². The van der Waals surface area contributed by atoms with Gasteiger partial charge in [-0.15, -0.1) is 0 Å². The Morgan fingerprint density at radius 2 is 1.78 bits per heavy atom. The normalized spacial score (nSPS) is 9.67. The van der Waals surface area contributed by atoms with Crippen LogP contribution in [-0.2, 0) is 9.59 Å². The van der Waals surface area contributed by atoms with Gasteiger partial charge in [0.25, 0.3) is 5.91 Å². The lowest BCUT2D eigenvalue weighted by Crippen LogP contribution is -2.35. The topological polar surface area (TPSA) is 76.1 Å². The summed E-state index contributed by atoms with van der Waals surface area (Å²) in [5.74, 6) is -0.243. The molecule has 0 fully saturated rings. The first-order chi connectivity index (χ1) is 8.52. The van der Waals surface area contributed by atoms with Crippen molar-refractivity contribution in [2.45, 2.75) is 0 Å². The summed E-state index contributed by atoms with van der Waals surface area (Å²) >= 11 is 0. The lowest BCUT2D eigenvalue weighted by molar-refractivity contribution is -0.144. The Labute approximate surface area is 105 Å². The van der Waals surface area contributed by atoms with Gasteiger partial charge in [-0.25, -0.2) is 0 Å². The lowest BCUT2D eigenvalue weighted by Gasteiger charge is -2.14. The van der Waals surface area contributed by atoms with Crippen molar-refractivity contribution in [1.29, 1.82) is 0 Å². The lowest BCUT2D eigenvalue weighted by atomic mass is 10.3. The second-order valence-electron chi connectivity index (χ2n) is 3.61. The van der Waals surface area contributed by atoms with E-state index < -0.39 is 11.9 Å². The summed E-state index contributed by atoms with van der Waals surface area (Å²) in [6.07, 6.45) is 0. The predicted molar refractivity (Wildman–Crippen MR) is 63.8 cm³/mol. The molecule has 0 aromatic heterocycles. The van der Waals surface area contributed by atoms with Crippen LogP contribution in [0.25, 0.3) is 0 Å². The summed E-state index contributed by atoms with van der Waals surface area (Å²) in [7, 11) is 2.97. The van der Waals surface area contributed by atoms with Crippen LogP contribution >= 0.6 is 0 Å². The Kier molecular flexibility index (Phi) is 4.98. The number of ether oxygens (including phenoxy) is 2. The fourth-order valence-corrected chi connectivity index (χ4v) is 1.22. The Morgan fingerprint density at radius 3 is 2.28 bits per heavy atom. The molecule has 1 rings (SSSR count). The van der Waals surface area contributed by atoms with E-state index >= 15 is 0 Å². The van der Waals surface area contributed by atoms with E-state index in [2.05, 4.69) is 0 Å². The van der Waals surface area contributed by atoms with E-state index in [0.29, 0.717) is 11.5 Å². The molecule has 0 aliphatic carbocycles. The molecule has 98 valence electrons. The molecule has 0 aliphatic heterocycles. The number of methoxy groups -OCH3 is 1. The molecule has 0 unspecified atom stereocenters. The van der Waals surface area contributed by atoms with Gasteiger partial charge < -0.3 is 19.5 Å².